The zero-order valence-electron chi connectivity index (χ0n) is 11.3. The van der Waals surface area contributed by atoms with E-state index in [-0.39, 0.29) is 23.7 Å². The zero-order valence-corrected chi connectivity index (χ0v) is 11.3. The minimum atomic E-state index is -1.05. The van der Waals surface area contributed by atoms with Crippen LogP contribution in [-0.4, -0.2) is 17.3 Å². The molecule has 0 fully saturated rings. The Bertz CT molecular complexity index is 470. The first-order valence-electron chi connectivity index (χ1n) is 6.10. The van der Waals surface area contributed by atoms with Crippen LogP contribution in [0.3, 0.4) is 0 Å². The molecule has 0 amide bonds. The van der Waals surface area contributed by atoms with E-state index < -0.39 is 17.2 Å². The summed E-state index contributed by atoms with van der Waals surface area (Å²) in [5.74, 6) is -1.40. The molecule has 1 atom stereocenters. The van der Waals surface area contributed by atoms with Crippen LogP contribution < -0.4 is 5.32 Å². The minimum Gasteiger partial charge on any atom is -0.388 e. The van der Waals surface area contributed by atoms with Gasteiger partial charge < -0.3 is 10.4 Å². The summed E-state index contributed by atoms with van der Waals surface area (Å²) in [5.41, 5.74) is -1.45. The lowest BCUT2D eigenvalue weighted by atomic mass is 9.94. The monoisotopic (exact) mass is 268 g/mol. The molecular weight excluding hydrogens is 250 g/mol. The second-order valence-electron chi connectivity index (χ2n) is 5.38. The lowest BCUT2D eigenvalue weighted by Gasteiger charge is -2.26. The first-order valence-corrected chi connectivity index (χ1v) is 6.10. The van der Waals surface area contributed by atoms with E-state index in [0.29, 0.717) is 6.42 Å². The van der Waals surface area contributed by atoms with E-state index in [2.05, 4.69) is 5.32 Å². The molecule has 1 aromatic rings. The summed E-state index contributed by atoms with van der Waals surface area (Å²) in [6.07, 6.45) is 0.513. The van der Waals surface area contributed by atoms with Gasteiger partial charge in [0.2, 0.25) is 0 Å². The van der Waals surface area contributed by atoms with Crippen LogP contribution in [0.1, 0.15) is 32.8 Å². The Kier molecular flexibility index (Phi) is 4.84. The molecule has 1 unspecified atom stereocenters. The number of hydrogen-bond acceptors (Lipinski definition) is 3. The molecule has 0 saturated heterocycles. The van der Waals surface area contributed by atoms with E-state index in [1.807, 2.05) is 13.8 Å². The summed E-state index contributed by atoms with van der Waals surface area (Å²) in [7, 11) is 0. The third kappa shape index (κ3) is 4.49. The molecule has 104 valence electrons. The van der Waals surface area contributed by atoms with Crippen molar-refractivity contribution in [2.75, 3.05) is 11.9 Å². The average Bonchev–Trinajstić information content (AvgIpc) is 2.25. The van der Waals surface area contributed by atoms with Gasteiger partial charge in [0.05, 0.1) is 17.2 Å². The SMILES string of the molecule is CC(C)CC(C)(O)CNc1c(F)cc(C#N)cc1F. The van der Waals surface area contributed by atoms with Crippen molar-refractivity contribution in [2.45, 2.75) is 32.8 Å². The van der Waals surface area contributed by atoms with Crippen LogP contribution in [0.15, 0.2) is 12.1 Å². The van der Waals surface area contributed by atoms with Gasteiger partial charge in [-0.2, -0.15) is 5.26 Å². The van der Waals surface area contributed by atoms with E-state index in [1.165, 1.54) is 0 Å². The van der Waals surface area contributed by atoms with Crippen LogP contribution in [0, 0.1) is 28.9 Å². The number of nitrogens with one attached hydrogen (secondary N) is 1. The van der Waals surface area contributed by atoms with Crippen molar-refractivity contribution < 1.29 is 13.9 Å². The Hall–Kier alpha value is -1.67. The van der Waals surface area contributed by atoms with E-state index in [4.69, 9.17) is 5.26 Å². The van der Waals surface area contributed by atoms with Crippen molar-refractivity contribution in [3.8, 4) is 6.07 Å². The van der Waals surface area contributed by atoms with Gasteiger partial charge in [0, 0.05) is 6.54 Å². The highest BCUT2D eigenvalue weighted by Crippen LogP contribution is 2.23. The lowest BCUT2D eigenvalue weighted by Crippen LogP contribution is -2.35. The number of nitrogens with zero attached hydrogens (tertiary/aromatic N) is 1. The number of benzene rings is 1. The largest absolute Gasteiger partial charge is 0.388 e. The molecule has 1 aromatic carbocycles. The van der Waals surface area contributed by atoms with Crippen molar-refractivity contribution >= 4 is 5.69 Å². The predicted octanol–water partition coefficient (Wildman–Crippen LogP) is 3.05. The van der Waals surface area contributed by atoms with Gasteiger partial charge in [0.15, 0.2) is 11.6 Å². The molecule has 5 heteroatoms. The Labute approximate surface area is 111 Å². The molecule has 0 heterocycles. The third-order valence-electron chi connectivity index (χ3n) is 2.67. The molecule has 0 aliphatic heterocycles. The Morgan fingerprint density at radius 1 is 1.37 bits per heavy atom. The Morgan fingerprint density at radius 3 is 2.32 bits per heavy atom. The predicted molar refractivity (Wildman–Crippen MR) is 69.6 cm³/mol. The quantitative estimate of drug-likeness (QED) is 0.863. The normalized spacial score (nSPS) is 14.0. The highest BCUT2D eigenvalue weighted by atomic mass is 19.1. The van der Waals surface area contributed by atoms with Crippen LogP contribution in [0.25, 0.3) is 0 Å². The van der Waals surface area contributed by atoms with Gasteiger partial charge in [0.1, 0.15) is 5.69 Å². The van der Waals surface area contributed by atoms with Crippen LogP contribution >= 0.6 is 0 Å². The summed E-state index contributed by atoms with van der Waals surface area (Å²) >= 11 is 0. The summed E-state index contributed by atoms with van der Waals surface area (Å²) in [6, 6.07) is 3.60. The fourth-order valence-corrected chi connectivity index (χ4v) is 2.04. The van der Waals surface area contributed by atoms with Crippen molar-refractivity contribution in [3.63, 3.8) is 0 Å². The van der Waals surface area contributed by atoms with Gasteiger partial charge in [-0.1, -0.05) is 13.8 Å². The number of anilines is 1. The maximum Gasteiger partial charge on any atom is 0.150 e. The Balaban J connectivity index is 2.82. The van der Waals surface area contributed by atoms with Gasteiger partial charge in [-0.3, -0.25) is 0 Å². The summed E-state index contributed by atoms with van der Waals surface area (Å²) < 4.78 is 27.2. The smallest absolute Gasteiger partial charge is 0.150 e. The molecule has 0 bridgehead atoms. The number of rotatable bonds is 5. The summed E-state index contributed by atoms with van der Waals surface area (Å²) in [4.78, 5) is 0. The molecule has 0 spiro atoms. The molecule has 0 aromatic heterocycles. The standard InChI is InChI=1S/C14H18F2N2O/c1-9(2)6-14(3,19)8-18-13-11(15)4-10(7-17)5-12(13)16/h4-5,9,18-19H,6,8H2,1-3H3. The van der Waals surface area contributed by atoms with Crippen LogP contribution in [0.2, 0.25) is 0 Å². The van der Waals surface area contributed by atoms with Gasteiger partial charge in [-0.05, 0) is 31.4 Å². The van der Waals surface area contributed by atoms with Gasteiger partial charge in [-0.15, -0.1) is 0 Å². The van der Waals surface area contributed by atoms with Crippen LogP contribution in [0.5, 0.6) is 0 Å². The van der Waals surface area contributed by atoms with E-state index in [9.17, 15) is 13.9 Å². The topological polar surface area (TPSA) is 56.0 Å². The molecule has 2 N–H and O–H groups in total. The number of aliphatic hydroxyl groups is 1. The van der Waals surface area contributed by atoms with Crippen molar-refractivity contribution in [1.29, 1.82) is 5.26 Å². The van der Waals surface area contributed by atoms with E-state index in [0.717, 1.165) is 12.1 Å². The first kappa shape index (κ1) is 15.4. The highest BCUT2D eigenvalue weighted by molar-refractivity contribution is 5.50. The molecule has 0 radical (unpaired) electrons. The summed E-state index contributed by atoms with van der Waals surface area (Å²) in [5, 5.41) is 21.2. The van der Waals surface area contributed by atoms with Gasteiger partial charge in [0.25, 0.3) is 0 Å². The molecule has 0 aliphatic carbocycles. The highest BCUT2D eigenvalue weighted by Gasteiger charge is 2.23. The van der Waals surface area contributed by atoms with Gasteiger partial charge >= 0.3 is 0 Å². The molecule has 3 nitrogen and oxygen atoms in total. The van der Waals surface area contributed by atoms with Crippen molar-refractivity contribution in [3.05, 3.63) is 29.3 Å². The number of hydrogen-bond donors (Lipinski definition) is 2. The fraction of sp³-hybridized carbons (Fsp3) is 0.500. The lowest BCUT2D eigenvalue weighted by molar-refractivity contribution is 0.0514. The van der Waals surface area contributed by atoms with E-state index >= 15 is 0 Å². The third-order valence-corrected chi connectivity index (χ3v) is 2.67. The van der Waals surface area contributed by atoms with Crippen LogP contribution in [-0.2, 0) is 0 Å². The molecule has 19 heavy (non-hydrogen) atoms. The Morgan fingerprint density at radius 2 is 1.89 bits per heavy atom. The second kappa shape index (κ2) is 5.98. The fourth-order valence-electron chi connectivity index (χ4n) is 2.04. The average molecular weight is 268 g/mol. The van der Waals surface area contributed by atoms with Crippen LogP contribution in [0.4, 0.5) is 14.5 Å². The van der Waals surface area contributed by atoms with Crippen molar-refractivity contribution in [1.82, 2.24) is 0 Å². The first-order chi connectivity index (χ1) is 8.75. The minimum absolute atomic E-state index is 0.0327. The number of halogens is 2. The molecular formula is C14H18F2N2O. The van der Waals surface area contributed by atoms with E-state index in [1.54, 1.807) is 13.0 Å². The second-order valence-corrected chi connectivity index (χ2v) is 5.38. The molecule has 0 aliphatic rings. The van der Waals surface area contributed by atoms with Crippen molar-refractivity contribution in [2.24, 2.45) is 5.92 Å². The zero-order chi connectivity index (χ0) is 14.6. The molecule has 0 saturated carbocycles. The summed E-state index contributed by atoms with van der Waals surface area (Å²) in [6.45, 7) is 5.55. The number of nitriles is 1. The van der Waals surface area contributed by atoms with Gasteiger partial charge in [-0.25, -0.2) is 8.78 Å². The maximum atomic E-state index is 13.6. The molecule has 1 rings (SSSR count). The maximum absolute atomic E-state index is 13.6.